The molecule has 3 fully saturated rings. The van der Waals surface area contributed by atoms with Crippen molar-refractivity contribution < 1.29 is 13.2 Å². The topological polar surface area (TPSA) is 89.3 Å². The normalized spacial score (nSPS) is 40.5. The molecular weight excluding hydrogens is 240 g/mol. The minimum absolute atomic E-state index is 0.0853. The van der Waals surface area contributed by atoms with Crippen molar-refractivity contribution in [1.82, 2.24) is 4.72 Å². The lowest BCUT2D eigenvalue weighted by Crippen LogP contribution is -2.44. The number of nitrogens with one attached hydrogen (secondary N) is 1. The van der Waals surface area contributed by atoms with Gasteiger partial charge in [-0.2, -0.15) is 0 Å². The van der Waals surface area contributed by atoms with Crippen LogP contribution in [0.25, 0.3) is 0 Å². The molecule has 0 radical (unpaired) electrons. The number of fused-ring (bicyclic) bond motifs is 1. The van der Waals surface area contributed by atoms with Gasteiger partial charge in [-0.25, -0.2) is 8.42 Å². The Morgan fingerprint density at radius 1 is 1.18 bits per heavy atom. The molecule has 0 heterocycles. The number of carbonyl (C=O) groups excluding carboxylic acids is 1. The molecule has 96 valence electrons. The van der Waals surface area contributed by atoms with Crippen LogP contribution in [0.1, 0.15) is 32.1 Å². The van der Waals surface area contributed by atoms with Gasteiger partial charge in [0.1, 0.15) is 0 Å². The number of nitrogens with two attached hydrogens (primary N) is 1. The fourth-order valence-electron chi connectivity index (χ4n) is 3.12. The van der Waals surface area contributed by atoms with Crippen LogP contribution in [0.5, 0.6) is 0 Å². The van der Waals surface area contributed by atoms with Crippen LogP contribution in [0.4, 0.5) is 0 Å². The predicted octanol–water partition coefficient (Wildman–Crippen LogP) is -0.0318. The lowest BCUT2D eigenvalue weighted by Gasteiger charge is -2.26. The molecule has 3 saturated carbocycles. The van der Waals surface area contributed by atoms with Crippen molar-refractivity contribution in [3.8, 4) is 0 Å². The average Bonchev–Trinajstić information content (AvgIpc) is 2.82. The Balaban J connectivity index is 1.64. The second-order valence-electron chi connectivity index (χ2n) is 5.63. The monoisotopic (exact) mass is 258 g/mol. The highest BCUT2D eigenvalue weighted by molar-refractivity contribution is 7.90. The highest BCUT2D eigenvalue weighted by Gasteiger charge is 2.55. The van der Waals surface area contributed by atoms with Gasteiger partial charge in [-0.05, 0) is 37.5 Å². The quantitative estimate of drug-likeness (QED) is 0.744. The van der Waals surface area contributed by atoms with Crippen LogP contribution in [-0.2, 0) is 14.8 Å². The van der Waals surface area contributed by atoms with Crippen LogP contribution in [-0.4, -0.2) is 25.6 Å². The SMILES string of the molecule is N[C@@H]1C[C@H](C(=O)NS(=O)(=O)C2CCC2)[C@H]2C[C@H]21. The Bertz CT molecular complexity index is 444. The summed E-state index contributed by atoms with van der Waals surface area (Å²) in [7, 11) is -3.42. The third kappa shape index (κ3) is 1.87. The van der Waals surface area contributed by atoms with Gasteiger partial charge in [-0.3, -0.25) is 9.52 Å². The van der Waals surface area contributed by atoms with Crippen LogP contribution in [0.2, 0.25) is 0 Å². The summed E-state index contributed by atoms with van der Waals surface area (Å²) < 4.78 is 25.9. The fraction of sp³-hybridized carbons (Fsp3) is 0.909. The molecule has 0 unspecified atom stereocenters. The van der Waals surface area contributed by atoms with Crippen molar-refractivity contribution in [1.29, 1.82) is 0 Å². The number of carbonyl (C=O) groups is 1. The molecule has 17 heavy (non-hydrogen) atoms. The van der Waals surface area contributed by atoms with Gasteiger partial charge in [-0.1, -0.05) is 6.42 Å². The minimum Gasteiger partial charge on any atom is -0.327 e. The molecule has 5 nitrogen and oxygen atoms in total. The van der Waals surface area contributed by atoms with Gasteiger partial charge >= 0.3 is 0 Å². The first kappa shape index (κ1) is 11.5. The van der Waals surface area contributed by atoms with Crippen molar-refractivity contribution in [2.45, 2.75) is 43.4 Å². The highest BCUT2D eigenvalue weighted by Crippen LogP contribution is 2.54. The number of hydrogen-bond donors (Lipinski definition) is 2. The van der Waals surface area contributed by atoms with E-state index in [1.165, 1.54) is 0 Å². The van der Waals surface area contributed by atoms with E-state index in [2.05, 4.69) is 4.72 Å². The summed E-state index contributed by atoms with van der Waals surface area (Å²) in [6, 6.07) is 0.0853. The van der Waals surface area contributed by atoms with Gasteiger partial charge in [-0.15, -0.1) is 0 Å². The molecule has 0 saturated heterocycles. The second-order valence-corrected chi connectivity index (χ2v) is 7.59. The predicted molar refractivity (Wildman–Crippen MR) is 62.4 cm³/mol. The number of hydrogen-bond acceptors (Lipinski definition) is 4. The second kappa shape index (κ2) is 3.68. The largest absolute Gasteiger partial charge is 0.327 e. The summed E-state index contributed by atoms with van der Waals surface area (Å²) in [6.45, 7) is 0. The van der Waals surface area contributed by atoms with Crippen LogP contribution < -0.4 is 10.5 Å². The number of amides is 1. The standard InChI is InChI=1S/C11H18N2O3S/c12-10-5-9(7-4-8(7)10)11(14)13-17(15,16)6-2-1-3-6/h6-10H,1-5,12H2,(H,13,14)/t7-,8+,9-,10+/m0/s1. The Hall–Kier alpha value is -0.620. The van der Waals surface area contributed by atoms with Crippen molar-refractivity contribution in [3.05, 3.63) is 0 Å². The lowest BCUT2D eigenvalue weighted by molar-refractivity contribution is -0.123. The van der Waals surface area contributed by atoms with E-state index < -0.39 is 10.0 Å². The molecule has 3 aliphatic rings. The molecule has 3 rings (SSSR count). The summed E-state index contributed by atoms with van der Waals surface area (Å²) in [6.07, 6.45) is 3.93. The van der Waals surface area contributed by atoms with E-state index in [0.29, 0.717) is 31.1 Å². The summed E-state index contributed by atoms with van der Waals surface area (Å²) >= 11 is 0. The summed E-state index contributed by atoms with van der Waals surface area (Å²) in [5.74, 6) is 0.293. The van der Waals surface area contributed by atoms with Crippen molar-refractivity contribution in [2.75, 3.05) is 0 Å². The maximum Gasteiger partial charge on any atom is 0.237 e. The Morgan fingerprint density at radius 2 is 1.88 bits per heavy atom. The number of rotatable bonds is 3. The average molecular weight is 258 g/mol. The number of sulfonamides is 1. The molecule has 0 bridgehead atoms. The fourth-order valence-corrected chi connectivity index (χ4v) is 4.67. The van der Waals surface area contributed by atoms with Crippen molar-refractivity contribution in [3.63, 3.8) is 0 Å². The maximum atomic E-state index is 11.9. The molecule has 6 heteroatoms. The Kier molecular flexibility index (Phi) is 2.49. The Morgan fingerprint density at radius 3 is 2.29 bits per heavy atom. The molecule has 0 aromatic carbocycles. The zero-order valence-corrected chi connectivity index (χ0v) is 10.4. The van der Waals surface area contributed by atoms with Gasteiger partial charge in [0.25, 0.3) is 0 Å². The zero-order valence-electron chi connectivity index (χ0n) is 9.63. The molecule has 3 N–H and O–H groups in total. The first-order valence-electron chi connectivity index (χ1n) is 6.30. The van der Waals surface area contributed by atoms with Gasteiger partial charge in [0.2, 0.25) is 15.9 Å². The summed E-state index contributed by atoms with van der Waals surface area (Å²) in [4.78, 5) is 11.9. The minimum atomic E-state index is -3.42. The van der Waals surface area contributed by atoms with Crippen LogP contribution in [0, 0.1) is 17.8 Å². The van der Waals surface area contributed by atoms with Crippen molar-refractivity contribution in [2.24, 2.45) is 23.5 Å². The maximum absolute atomic E-state index is 11.9. The van der Waals surface area contributed by atoms with Gasteiger partial charge in [0.05, 0.1) is 5.25 Å². The smallest absolute Gasteiger partial charge is 0.237 e. The van der Waals surface area contributed by atoms with Crippen LogP contribution in [0.15, 0.2) is 0 Å². The molecule has 0 aliphatic heterocycles. The first-order chi connectivity index (χ1) is 7.99. The van der Waals surface area contributed by atoms with E-state index in [9.17, 15) is 13.2 Å². The van der Waals surface area contributed by atoms with E-state index in [0.717, 1.165) is 12.8 Å². The third-order valence-corrected chi connectivity index (χ3v) is 6.39. The van der Waals surface area contributed by atoms with Gasteiger partial charge < -0.3 is 5.73 Å². The van der Waals surface area contributed by atoms with Crippen LogP contribution >= 0.6 is 0 Å². The van der Waals surface area contributed by atoms with E-state index in [1.807, 2.05) is 0 Å². The third-order valence-electron chi connectivity index (χ3n) is 4.55. The summed E-state index contributed by atoms with van der Waals surface area (Å²) in [5, 5.41) is -0.350. The molecule has 1 amide bonds. The van der Waals surface area contributed by atoms with E-state index in [1.54, 1.807) is 0 Å². The molecule has 0 aromatic heterocycles. The molecular formula is C11H18N2O3S. The van der Waals surface area contributed by atoms with E-state index >= 15 is 0 Å². The zero-order chi connectivity index (χ0) is 12.2. The van der Waals surface area contributed by atoms with Crippen molar-refractivity contribution >= 4 is 15.9 Å². The molecule has 0 spiro atoms. The molecule has 0 aromatic rings. The summed E-state index contributed by atoms with van der Waals surface area (Å²) in [5.41, 5.74) is 5.88. The Labute approximate surface area is 101 Å². The molecule has 4 atom stereocenters. The lowest BCUT2D eigenvalue weighted by atomic mass is 10.0. The molecule has 3 aliphatic carbocycles. The van der Waals surface area contributed by atoms with E-state index in [4.69, 9.17) is 5.73 Å². The van der Waals surface area contributed by atoms with Gasteiger partial charge in [0, 0.05) is 12.0 Å². The highest BCUT2D eigenvalue weighted by atomic mass is 32.2. The van der Waals surface area contributed by atoms with Crippen LogP contribution in [0.3, 0.4) is 0 Å². The first-order valence-corrected chi connectivity index (χ1v) is 7.85. The van der Waals surface area contributed by atoms with Gasteiger partial charge in [0.15, 0.2) is 0 Å². The van der Waals surface area contributed by atoms with E-state index in [-0.39, 0.29) is 23.1 Å².